The lowest BCUT2D eigenvalue weighted by Gasteiger charge is -2.12. The molecule has 0 aliphatic heterocycles. The molecule has 0 bridgehead atoms. The van der Waals surface area contributed by atoms with E-state index in [0.717, 1.165) is 39.3 Å². The molecule has 2 aromatic heterocycles. The monoisotopic (exact) mass is 492 g/mol. The first-order valence-electron chi connectivity index (χ1n) is 12.1. The number of hydrogen-bond donors (Lipinski definition) is 1. The van der Waals surface area contributed by atoms with Crippen molar-refractivity contribution < 1.29 is 14.6 Å². The molecule has 1 atom stereocenters. The Bertz CT molecular complexity index is 1520. The summed E-state index contributed by atoms with van der Waals surface area (Å²) in [5.41, 5.74) is 5.34. The maximum atomic E-state index is 11.2. The summed E-state index contributed by atoms with van der Waals surface area (Å²) < 4.78 is 7.86. The van der Waals surface area contributed by atoms with Crippen molar-refractivity contribution in [2.24, 2.45) is 0 Å². The number of nitrogens with zero attached hydrogens (tertiary/aromatic N) is 4. The maximum Gasteiger partial charge on any atom is 0.304 e. The van der Waals surface area contributed by atoms with Crippen LogP contribution in [0.4, 0.5) is 0 Å². The van der Waals surface area contributed by atoms with Crippen molar-refractivity contribution in [1.82, 2.24) is 14.6 Å². The van der Waals surface area contributed by atoms with E-state index in [1.54, 1.807) is 11.4 Å². The largest absolute Gasteiger partial charge is 0.489 e. The van der Waals surface area contributed by atoms with E-state index in [0.29, 0.717) is 18.8 Å². The van der Waals surface area contributed by atoms with Gasteiger partial charge in [-0.3, -0.25) is 4.79 Å². The van der Waals surface area contributed by atoms with E-state index in [1.165, 1.54) is 0 Å². The topological polar surface area (TPSA) is 101 Å². The normalized spacial score (nSPS) is 11.5. The molecule has 1 N–H and O–H groups in total. The number of ether oxygens (including phenoxy) is 1. The van der Waals surface area contributed by atoms with Crippen molar-refractivity contribution in [3.8, 4) is 34.8 Å². The molecule has 186 valence electrons. The zero-order valence-electron chi connectivity index (χ0n) is 21.1. The number of carbonyl (C=O) groups is 1. The smallest absolute Gasteiger partial charge is 0.304 e. The highest BCUT2D eigenvalue weighted by Gasteiger charge is 2.16. The minimum atomic E-state index is -0.883. The lowest BCUT2D eigenvalue weighted by atomic mass is 9.96. The van der Waals surface area contributed by atoms with Crippen LogP contribution in [-0.2, 0) is 17.8 Å². The molecular weight excluding hydrogens is 464 g/mol. The molecule has 37 heavy (non-hydrogen) atoms. The van der Waals surface area contributed by atoms with Gasteiger partial charge >= 0.3 is 5.97 Å². The Morgan fingerprint density at radius 3 is 2.59 bits per heavy atom. The first-order valence-corrected chi connectivity index (χ1v) is 12.1. The first kappa shape index (κ1) is 25.5. The number of fused-ring (bicyclic) bond motifs is 1. The molecule has 0 amide bonds. The van der Waals surface area contributed by atoms with E-state index in [9.17, 15) is 9.90 Å². The Hall–Kier alpha value is -4.62. The van der Waals surface area contributed by atoms with Gasteiger partial charge in [0, 0.05) is 23.2 Å². The minimum Gasteiger partial charge on any atom is -0.489 e. The van der Waals surface area contributed by atoms with Gasteiger partial charge in [0.1, 0.15) is 12.4 Å². The van der Waals surface area contributed by atoms with Gasteiger partial charge in [0.25, 0.3) is 0 Å². The Morgan fingerprint density at radius 1 is 1.14 bits per heavy atom. The van der Waals surface area contributed by atoms with Crippen molar-refractivity contribution in [3.63, 3.8) is 0 Å². The van der Waals surface area contributed by atoms with Crippen LogP contribution in [0.2, 0.25) is 0 Å². The molecule has 7 nitrogen and oxygen atoms in total. The van der Waals surface area contributed by atoms with Gasteiger partial charge < -0.3 is 9.84 Å². The number of nitriles is 1. The minimum absolute atomic E-state index is 0.0460. The predicted molar refractivity (Wildman–Crippen MR) is 141 cm³/mol. The van der Waals surface area contributed by atoms with Crippen LogP contribution in [0.15, 0.2) is 60.8 Å². The fourth-order valence-corrected chi connectivity index (χ4v) is 4.10. The SMILES string of the molecule is CC#CC(CC(=O)O)c1ccc(OCc2cc(-c3cccc(CC#N)c3)c3nc(C(C)C)nn3c2)cc1. The number of aliphatic carboxylic acids is 1. The summed E-state index contributed by atoms with van der Waals surface area (Å²) in [6.07, 6.45) is 2.21. The molecule has 0 saturated carbocycles. The fourth-order valence-electron chi connectivity index (χ4n) is 4.10. The van der Waals surface area contributed by atoms with Crippen molar-refractivity contribution in [3.05, 3.63) is 83.3 Å². The molecular formula is C30H28N4O3. The lowest BCUT2D eigenvalue weighted by Crippen LogP contribution is -2.05. The molecule has 4 rings (SSSR count). The van der Waals surface area contributed by atoms with Crippen molar-refractivity contribution >= 4 is 11.6 Å². The van der Waals surface area contributed by atoms with Crippen molar-refractivity contribution in [2.45, 2.75) is 52.1 Å². The standard InChI is InChI=1S/C30H28N4O3/c1-4-6-24(17-28(35)36)23-9-11-26(12-10-23)37-19-22-16-27(25-8-5-7-21(15-25)13-14-31)30-32-29(20(2)3)33-34(30)18-22/h5,7-12,15-16,18,20,24H,13,17,19H2,1-3H3,(H,35,36). The Balaban J connectivity index is 1.62. The van der Waals surface area contributed by atoms with E-state index < -0.39 is 5.97 Å². The average Bonchev–Trinajstić information content (AvgIpc) is 3.32. The Labute approximate surface area is 216 Å². The van der Waals surface area contributed by atoms with Crippen LogP contribution in [0, 0.1) is 23.2 Å². The zero-order chi connectivity index (χ0) is 26.4. The van der Waals surface area contributed by atoms with E-state index >= 15 is 0 Å². The van der Waals surface area contributed by atoms with E-state index in [4.69, 9.17) is 15.0 Å². The summed E-state index contributed by atoms with van der Waals surface area (Å²) in [7, 11) is 0. The Morgan fingerprint density at radius 2 is 1.92 bits per heavy atom. The molecule has 0 aliphatic rings. The number of benzene rings is 2. The van der Waals surface area contributed by atoms with Gasteiger partial charge in [-0.2, -0.15) is 10.4 Å². The molecule has 0 fully saturated rings. The summed E-state index contributed by atoms with van der Waals surface area (Å²) >= 11 is 0. The molecule has 0 spiro atoms. The highest BCUT2D eigenvalue weighted by molar-refractivity contribution is 5.78. The second-order valence-corrected chi connectivity index (χ2v) is 9.09. The second-order valence-electron chi connectivity index (χ2n) is 9.09. The van der Waals surface area contributed by atoms with Crippen molar-refractivity contribution in [2.75, 3.05) is 0 Å². The number of pyridine rings is 1. The molecule has 1 unspecified atom stereocenters. The molecule has 2 heterocycles. The van der Waals surface area contributed by atoms with Crippen molar-refractivity contribution in [1.29, 1.82) is 5.26 Å². The summed E-state index contributed by atoms with van der Waals surface area (Å²) in [6.45, 7) is 6.13. The molecule has 0 aliphatic carbocycles. The van der Waals surface area contributed by atoms with Crippen LogP contribution in [0.5, 0.6) is 5.75 Å². The molecule has 0 saturated heterocycles. The number of aromatic nitrogens is 3. The van der Waals surface area contributed by atoms with Gasteiger partial charge in [-0.05, 0) is 47.9 Å². The molecule has 0 radical (unpaired) electrons. The van der Waals surface area contributed by atoms with Gasteiger partial charge in [-0.15, -0.1) is 5.92 Å². The van der Waals surface area contributed by atoms with Gasteiger partial charge in [0.2, 0.25) is 0 Å². The zero-order valence-corrected chi connectivity index (χ0v) is 21.1. The summed E-state index contributed by atoms with van der Waals surface area (Å²) in [4.78, 5) is 16.0. The summed E-state index contributed by atoms with van der Waals surface area (Å²) in [6, 6.07) is 19.5. The third-order valence-corrected chi connectivity index (χ3v) is 5.93. The second kappa shape index (κ2) is 11.4. The van der Waals surface area contributed by atoms with Crippen LogP contribution in [0.25, 0.3) is 16.8 Å². The number of carboxylic acid groups (broad SMARTS) is 1. The van der Waals surface area contributed by atoms with E-state index in [1.807, 2.05) is 60.8 Å². The highest BCUT2D eigenvalue weighted by Crippen LogP contribution is 2.28. The third kappa shape index (κ3) is 6.15. The number of hydrogen-bond acceptors (Lipinski definition) is 5. The highest BCUT2D eigenvalue weighted by atomic mass is 16.5. The number of carboxylic acids is 1. The predicted octanol–water partition coefficient (Wildman–Crippen LogP) is 5.75. The van der Waals surface area contributed by atoms with E-state index in [2.05, 4.69) is 36.9 Å². The lowest BCUT2D eigenvalue weighted by molar-refractivity contribution is -0.137. The molecule has 2 aromatic carbocycles. The average molecular weight is 493 g/mol. The maximum absolute atomic E-state index is 11.2. The van der Waals surface area contributed by atoms with Crippen LogP contribution < -0.4 is 4.74 Å². The quantitative estimate of drug-likeness (QED) is 0.299. The summed E-state index contributed by atoms with van der Waals surface area (Å²) in [5.74, 6) is 6.14. The number of rotatable bonds is 9. The van der Waals surface area contributed by atoms with Gasteiger partial charge in [-0.1, -0.05) is 50.1 Å². The van der Waals surface area contributed by atoms with Crippen LogP contribution in [-0.4, -0.2) is 25.7 Å². The van der Waals surface area contributed by atoms with Gasteiger partial charge in [-0.25, -0.2) is 9.50 Å². The van der Waals surface area contributed by atoms with Gasteiger partial charge in [0.05, 0.1) is 24.8 Å². The van der Waals surface area contributed by atoms with Gasteiger partial charge in [0.15, 0.2) is 11.5 Å². The van der Waals surface area contributed by atoms with Crippen LogP contribution in [0.1, 0.15) is 61.5 Å². The molecule has 4 aromatic rings. The molecule has 7 heteroatoms. The van der Waals surface area contributed by atoms with E-state index in [-0.39, 0.29) is 18.3 Å². The fraction of sp³-hybridized carbons (Fsp3) is 0.267. The summed E-state index contributed by atoms with van der Waals surface area (Å²) in [5, 5.41) is 23.0. The third-order valence-electron chi connectivity index (χ3n) is 5.93. The van der Waals surface area contributed by atoms with Crippen LogP contribution >= 0.6 is 0 Å². The first-order chi connectivity index (χ1) is 17.9. The van der Waals surface area contributed by atoms with Crippen LogP contribution in [0.3, 0.4) is 0 Å². The Kier molecular flexibility index (Phi) is 7.86.